The first kappa shape index (κ1) is 18.9. The van der Waals surface area contributed by atoms with Crippen molar-refractivity contribution in [3.63, 3.8) is 0 Å². The van der Waals surface area contributed by atoms with Crippen molar-refractivity contribution in [2.45, 2.75) is 12.9 Å². The fraction of sp³-hybridized carbons (Fsp3) is 0.190. The molecule has 4 rings (SSSR count). The van der Waals surface area contributed by atoms with Crippen LogP contribution in [-0.4, -0.2) is 30.0 Å². The van der Waals surface area contributed by atoms with E-state index < -0.39 is 6.36 Å². The van der Waals surface area contributed by atoms with E-state index in [2.05, 4.69) is 4.74 Å². The van der Waals surface area contributed by atoms with Crippen LogP contribution < -0.4 is 9.64 Å². The number of ether oxygens (including phenoxy) is 1. The molecular weight excluding hydrogens is 383 g/mol. The minimum atomic E-state index is -4.71. The van der Waals surface area contributed by atoms with Gasteiger partial charge in [0.15, 0.2) is 11.6 Å². The van der Waals surface area contributed by atoms with Crippen molar-refractivity contribution in [1.82, 2.24) is 9.55 Å². The highest BCUT2D eigenvalue weighted by Crippen LogP contribution is 2.29. The summed E-state index contributed by atoms with van der Waals surface area (Å²) in [5, 5.41) is 0. The standard InChI is InChI=1S/C21H18F3N3O2/c1-26(2)15-7-10-18-17(12-15)25-20(19-4-3-11-28-19)27(18)13-14-5-8-16(9-6-14)29-21(22,23)24/h3-12H,13H2,1-2H3. The molecular formula is C21H18F3N3O2. The molecule has 0 saturated carbocycles. The Hall–Kier alpha value is -3.42. The van der Waals surface area contributed by atoms with Gasteiger partial charge in [0.05, 0.1) is 17.3 Å². The van der Waals surface area contributed by atoms with Gasteiger partial charge < -0.3 is 18.6 Å². The second-order valence-electron chi connectivity index (χ2n) is 6.76. The highest BCUT2D eigenvalue weighted by Gasteiger charge is 2.31. The third-order valence-corrected chi connectivity index (χ3v) is 4.49. The van der Waals surface area contributed by atoms with E-state index in [0.717, 1.165) is 22.3 Å². The van der Waals surface area contributed by atoms with E-state index in [0.29, 0.717) is 18.1 Å². The van der Waals surface area contributed by atoms with Crippen LogP contribution in [0.2, 0.25) is 0 Å². The van der Waals surface area contributed by atoms with Gasteiger partial charge in [-0.3, -0.25) is 0 Å². The maximum Gasteiger partial charge on any atom is 0.573 e. The zero-order valence-electron chi connectivity index (χ0n) is 15.8. The number of halogens is 3. The number of rotatable bonds is 5. The van der Waals surface area contributed by atoms with Crippen LogP contribution >= 0.6 is 0 Å². The van der Waals surface area contributed by atoms with E-state index in [-0.39, 0.29) is 5.75 Å². The molecule has 0 fully saturated rings. The van der Waals surface area contributed by atoms with Crippen LogP contribution in [0.15, 0.2) is 65.3 Å². The molecule has 0 bridgehead atoms. The average Bonchev–Trinajstić information content (AvgIpc) is 3.30. The number of anilines is 1. The van der Waals surface area contributed by atoms with Crippen molar-refractivity contribution in [1.29, 1.82) is 0 Å². The van der Waals surface area contributed by atoms with E-state index in [1.165, 1.54) is 12.1 Å². The normalized spacial score (nSPS) is 11.8. The molecule has 2 aromatic heterocycles. The number of hydrogen-bond acceptors (Lipinski definition) is 4. The van der Waals surface area contributed by atoms with Crippen molar-refractivity contribution in [3.05, 3.63) is 66.4 Å². The van der Waals surface area contributed by atoms with Gasteiger partial charge in [-0.2, -0.15) is 0 Å². The maximum absolute atomic E-state index is 12.4. The Morgan fingerprint density at radius 2 is 1.83 bits per heavy atom. The van der Waals surface area contributed by atoms with Gasteiger partial charge in [-0.15, -0.1) is 13.2 Å². The molecule has 8 heteroatoms. The molecule has 0 amide bonds. The predicted octanol–water partition coefficient (Wildman–Crippen LogP) is 5.31. The van der Waals surface area contributed by atoms with Gasteiger partial charge in [0, 0.05) is 26.3 Å². The quantitative estimate of drug-likeness (QED) is 0.455. The smallest absolute Gasteiger partial charge is 0.461 e. The number of nitrogens with zero attached hydrogens (tertiary/aromatic N) is 3. The topological polar surface area (TPSA) is 43.4 Å². The largest absolute Gasteiger partial charge is 0.573 e. The fourth-order valence-corrected chi connectivity index (χ4v) is 3.13. The summed E-state index contributed by atoms with van der Waals surface area (Å²) in [7, 11) is 3.91. The summed E-state index contributed by atoms with van der Waals surface area (Å²) in [6.07, 6.45) is -3.13. The van der Waals surface area contributed by atoms with E-state index in [4.69, 9.17) is 9.40 Å². The van der Waals surface area contributed by atoms with E-state index >= 15 is 0 Å². The van der Waals surface area contributed by atoms with Crippen molar-refractivity contribution in [2.75, 3.05) is 19.0 Å². The Morgan fingerprint density at radius 1 is 1.07 bits per heavy atom. The van der Waals surface area contributed by atoms with E-state index in [1.807, 2.05) is 47.8 Å². The molecule has 0 aliphatic heterocycles. The summed E-state index contributed by atoms with van der Waals surface area (Å²) in [5.74, 6) is 1.01. The molecule has 0 saturated heterocycles. The van der Waals surface area contributed by atoms with Gasteiger partial charge in [0.2, 0.25) is 0 Å². The lowest BCUT2D eigenvalue weighted by molar-refractivity contribution is -0.274. The first-order chi connectivity index (χ1) is 13.8. The van der Waals surface area contributed by atoms with Crippen molar-refractivity contribution in [3.8, 4) is 17.3 Å². The third kappa shape index (κ3) is 4.06. The van der Waals surface area contributed by atoms with Crippen LogP contribution in [0.4, 0.5) is 18.9 Å². The predicted molar refractivity (Wildman–Crippen MR) is 104 cm³/mol. The van der Waals surface area contributed by atoms with Gasteiger partial charge in [-0.05, 0) is 48.0 Å². The highest BCUT2D eigenvalue weighted by molar-refractivity contribution is 5.83. The van der Waals surface area contributed by atoms with Crippen LogP contribution in [0.3, 0.4) is 0 Å². The molecule has 0 radical (unpaired) electrons. The second-order valence-corrected chi connectivity index (χ2v) is 6.76. The molecule has 2 aromatic carbocycles. The van der Waals surface area contributed by atoms with Crippen molar-refractivity contribution < 1.29 is 22.3 Å². The molecule has 4 aromatic rings. The van der Waals surface area contributed by atoms with Crippen molar-refractivity contribution in [2.24, 2.45) is 0 Å². The number of benzene rings is 2. The minimum absolute atomic E-state index is 0.251. The number of alkyl halides is 3. The fourth-order valence-electron chi connectivity index (χ4n) is 3.13. The van der Waals surface area contributed by atoms with Crippen LogP contribution in [0.5, 0.6) is 5.75 Å². The lowest BCUT2D eigenvalue weighted by atomic mass is 10.2. The Balaban J connectivity index is 1.73. The summed E-state index contributed by atoms with van der Waals surface area (Å²) in [4.78, 5) is 6.72. The number of furan rings is 1. The first-order valence-electron chi connectivity index (χ1n) is 8.86. The lowest BCUT2D eigenvalue weighted by Gasteiger charge is -2.13. The number of imidazole rings is 1. The number of fused-ring (bicyclic) bond motifs is 1. The van der Waals surface area contributed by atoms with Crippen LogP contribution in [0, 0.1) is 0 Å². The zero-order chi connectivity index (χ0) is 20.6. The zero-order valence-corrected chi connectivity index (χ0v) is 15.8. The monoisotopic (exact) mass is 401 g/mol. The average molecular weight is 401 g/mol. The molecule has 0 spiro atoms. The van der Waals surface area contributed by atoms with Gasteiger partial charge in [-0.1, -0.05) is 12.1 Å². The molecule has 0 N–H and O–H groups in total. The van der Waals surface area contributed by atoms with Crippen LogP contribution in [0.1, 0.15) is 5.56 Å². The van der Waals surface area contributed by atoms with Crippen molar-refractivity contribution >= 4 is 16.7 Å². The number of hydrogen-bond donors (Lipinski definition) is 0. The van der Waals surface area contributed by atoms with Crippen LogP contribution in [-0.2, 0) is 6.54 Å². The second kappa shape index (κ2) is 7.20. The summed E-state index contributed by atoms with van der Waals surface area (Å²) in [6.45, 7) is 0.417. The molecule has 0 aliphatic carbocycles. The Morgan fingerprint density at radius 3 is 2.45 bits per heavy atom. The lowest BCUT2D eigenvalue weighted by Crippen LogP contribution is -2.17. The molecule has 0 unspecified atom stereocenters. The molecule has 150 valence electrons. The minimum Gasteiger partial charge on any atom is -0.461 e. The Bertz CT molecular complexity index is 1110. The Labute approximate surface area is 164 Å². The molecule has 29 heavy (non-hydrogen) atoms. The summed E-state index contributed by atoms with van der Waals surface area (Å²) in [5.41, 5.74) is 3.53. The molecule has 2 heterocycles. The maximum atomic E-state index is 12.4. The molecule has 5 nitrogen and oxygen atoms in total. The van der Waals surface area contributed by atoms with Gasteiger partial charge >= 0.3 is 6.36 Å². The van der Waals surface area contributed by atoms with E-state index in [9.17, 15) is 13.2 Å². The van der Waals surface area contributed by atoms with Gasteiger partial charge in [0.25, 0.3) is 0 Å². The molecule has 0 aliphatic rings. The number of aromatic nitrogens is 2. The van der Waals surface area contributed by atoms with Gasteiger partial charge in [0.1, 0.15) is 5.75 Å². The third-order valence-electron chi connectivity index (χ3n) is 4.49. The highest BCUT2D eigenvalue weighted by atomic mass is 19.4. The van der Waals surface area contributed by atoms with Gasteiger partial charge in [-0.25, -0.2) is 4.98 Å². The summed E-state index contributed by atoms with van der Waals surface area (Å²) < 4.78 is 48.6. The Kier molecular flexibility index (Phi) is 4.70. The SMILES string of the molecule is CN(C)c1ccc2c(c1)nc(-c1ccco1)n2Cc1ccc(OC(F)(F)F)cc1. The van der Waals surface area contributed by atoms with Crippen LogP contribution in [0.25, 0.3) is 22.6 Å². The molecule has 0 atom stereocenters. The van der Waals surface area contributed by atoms with E-state index in [1.54, 1.807) is 24.5 Å². The summed E-state index contributed by atoms with van der Waals surface area (Å²) in [6, 6.07) is 15.4. The first-order valence-corrected chi connectivity index (χ1v) is 8.86. The summed E-state index contributed by atoms with van der Waals surface area (Å²) >= 11 is 0.